The van der Waals surface area contributed by atoms with Gasteiger partial charge in [0, 0.05) is 10.6 Å². The number of rotatable bonds is 2. The van der Waals surface area contributed by atoms with Gasteiger partial charge >= 0.3 is 0 Å². The normalized spacial score (nSPS) is 19.9. The Morgan fingerprint density at radius 3 is 2.89 bits per heavy atom. The average Bonchev–Trinajstić information content (AvgIpc) is 2.35. The van der Waals surface area contributed by atoms with Gasteiger partial charge < -0.3 is 16.4 Å². The molecule has 5 nitrogen and oxygen atoms in total. The first-order valence-corrected chi connectivity index (χ1v) is 7.22. The van der Waals surface area contributed by atoms with Gasteiger partial charge in [-0.05, 0) is 37.5 Å². The smallest absolute Gasteiger partial charge is 0.244 e. The van der Waals surface area contributed by atoms with E-state index < -0.39 is 5.54 Å². The zero-order chi connectivity index (χ0) is 13.5. The van der Waals surface area contributed by atoms with Crippen molar-refractivity contribution in [2.45, 2.75) is 29.7 Å². The summed E-state index contributed by atoms with van der Waals surface area (Å²) in [6.45, 7) is 0. The first-order chi connectivity index (χ1) is 9.07. The highest BCUT2D eigenvalue weighted by Gasteiger charge is 2.40. The molecule has 2 aliphatic rings. The lowest BCUT2D eigenvalue weighted by atomic mass is 9.77. The number of nitrogens with one attached hydrogen (secondary N) is 2. The maximum atomic E-state index is 12.0. The molecule has 0 bridgehead atoms. The van der Waals surface area contributed by atoms with E-state index in [0.29, 0.717) is 11.4 Å². The molecule has 100 valence electrons. The van der Waals surface area contributed by atoms with Crippen LogP contribution in [0.15, 0.2) is 23.1 Å². The molecule has 1 aliphatic heterocycles. The van der Waals surface area contributed by atoms with Gasteiger partial charge in [0.15, 0.2) is 0 Å². The zero-order valence-corrected chi connectivity index (χ0v) is 11.2. The molecular formula is C13H15N3O2S. The van der Waals surface area contributed by atoms with E-state index in [2.05, 4.69) is 10.6 Å². The van der Waals surface area contributed by atoms with Gasteiger partial charge in [-0.3, -0.25) is 9.59 Å². The highest BCUT2D eigenvalue weighted by molar-refractivity contribution is 8.00. The molecule has 1 aromatic carbocycles. The van der Waals surface area contributed by atoms with Crippen LogP contribution < -0.4 is 16.4 Å². The standard InChI is InChI=1S/C13H15N3O2S/c14-13(4-1-5-13)12(18)15-8-2-3-10-9(6-8)16-11(17)7-19-10/h2-3,6H,1,4-5,7,14H2,(H,15,18)(H,16,17). The van der Waals surface area contributed by atoms with Crippen LogP contribution in [-0.2, 0) is 9.59 Å². The van der Waals surface area contributed by atoms with Crippen LogP contribution in [0.25, 0.3) is 0 Å². The fourth-order valence-corrected chi connectivity index (χ4v) is 2.99. The molecule has 1 saturated carbocycles. The maximum Gasteiger partial charge on any atom is 0.244 e. The molecule has 0 atom stereocenters. The van der Waals surface area contributed by atoms with Crippen molar-refractivity contribution in [3.63, 3.8) is 0 Å². The molecule has 0 aromatic heterocycles. The van der Waals surface area contributed by atoms with Gasteiger partial charge in [-0.1, -0.05) is 0 Å². The van der Waals surface area contributed by atoms with Crippen LogP contribution in [0, 0.1) is 0 Å². The van der Waals surface area contributed by atoms with Gasteiger partial charge in [0.05, 0.1) is 17.0 Å². The number of benzene rings is 1. The Morgan fingerprint density at radius 2 is 2.21 bits per heavy atom. The minimum Gasteiger partial charge on any atom is -0.324 e. The van der Waals surface area contributed by atoms with E-state index in [1.807, 2.05) is 12.1 Å². The van der Waals surface area contributed by atoms with E-state index in [0.717, 1.165) is 29.8 Å². The Morgan fingerprint density at radius 1 is 1.42 bits per heavy atom. The van der Waals surface area contributed by atoms with Crippen LogP contribution in [0.3, 0.4) is 0 Å². The molecule has 1 heterocycles. The fraction of sp³-hybridized carbons (Fsp3) is 0.385. The monoisotopic (exact) mass is 277 g/mol. The Kier molecular flexibility index (Phi) is 2.99. The summed E-state index contributed by atoms with van der Waals surface area (Å²) in [6, 6.07) is 5.52. The molecule has 3 rings (SSSR count). The van der Waals surface area contributed by atoms with E-state index in [-0.39, 0.29) is 11.8 Å². The Bertz CT molecular complexity index is 555. The number of carbonyl (C=O) groups excluding carboxylic acids is 2. The first-order valence-electron chi connectivity index (χ1n) is 6.24. The number of anilines is 2. The molecule has 6 heteroatoms. The summed E-state index contributed by atoms with van der Waals surface area (Å²) < 4.78 is 0. The molecular weight excluding hydrogens is 262 g/mol. The summed E-state index contributed by atoms with van der Waals surface area (Å²) in [4.78, 5) is 24.4. The number of hydrogen-bond donors (Lipinski definition) is 3. The number of hydrogen-bond acceptors (Lipinski definition) is 4. The van der Waals surface area contributed by atoms with Crippen LogP contribution in [0.1, 0.15) is 19.3 Å². The minimum absolute atomic E-state index is 0.0183. The Hall–Kier alpha value is -1.53. The summed E-state index contributed by atoms with van der Waals surface area (Å²) >= 11 is 1.50. The number of fused-ring (bicyclic) bond motifs is 1. The summed E-state index contributed by atoms with van der Waals surface area (Å²) in [7, 11) is 0. The zero-order valence-electron chi connectivity index (χ0n) is 10.4. The van der Waals surface area contributed by atoms with Crippen molar-refractivity contribution >= 4 is 35.0 Å². The second-order valence-electron chi connectivity index (χ2n) is 5.01. The number of nitrogens with two attached hydrogens (primary N) is 1. The van der Waals surface area contributed by atoms with Crippen molar-refractivity contribution in [1.29, 1.82) is 0 Å². The van der Waals surface area contributed by atoms with Gasteiger partial charge in [-0.2, -0.15) is 0 Å². The first kappa shape index (κ1) is 12.5. The summed E-state index contributed by atoms with van der Waals surface area (Å²) in [5.74, 6) is 0.272. The summed E-state index contributed by atoms with van der Waals surface area (Å²) in [5, 5.41) is 5.62. The lowest BCUT2D eigenvalue weighted by molar-refractivity contribution is -0.123. The highest BCUT2D eigenvalue weighted by atomic mass is 32.2. The van der Waals surface area contributed by atoms with E-state index >= 15 is 0 Å². The maximum absolute atomic E-state index is 12.0. The van der Waals surface area contributed by atoms with Crippen LogP contribution in [-0.4, -0.2) is 23.1 Å². The van der Waals surface area contributed by atoms with Crippen LogP contribution in [0.2, 0.25) is 0 Å². The fourth-order valence-electron chi connectivity index (χ4n) is 2.20. The van der Waals surface area contributed by atoms with Crippen LogP contribution >= 0.6 is 11.8 Å². The molecule has 19 heavy (non-hydrogen) atoms. The molecule has 4 N–H and O–H groups in total. The van der Waals surface area contributed by atoms with Crippen molar-refractivity contribution in [2.75, 3.05) is 16.4 Å². The quantitative estimate of drug-likeness (QED) is 0.766. The average molecular weight is 277 g/mol. The third-order valence-corrected chi connectivity index (χ3v) is 4.64. The molecule has 0 spiro atoms. The van der Waals surface area contributed by atoms with E-state index in [1.54, 1.807) is 6.07 Å². The van der Waals surface area contributed by atoms with E-state index in [4.69, 9.17) is 5.73 Å². The third kappa shape index (κ3) is 2.33. The van der Waals surface area contributed by atoms with Crippen molar-refractivity contribution in [1.82, 2.24) is 0 Å². The third-order valence-electron chi connectivity index (χ3n) is 3.57. The molecule has 0 radical (unpaired) electrons. The number of carbonyl (C=O) groups is 2. The lowest BCUT2D eigenvalue weighted by Gasteiger charge is -2.36. The summed E-state index contributed by atoms with van der Waals surface area (Å²) in [6.07, 6.45) is 2.47. The molecule has 1 aliphatic carbocycles. The summed E-state index contributed by atoms with van der Waals surface area (Å²) in [5.41, 5.74) is 6.67. The van der Waals surface area contributed by atoms with Gasteiger partial charge in [0.25, 0.3) is 0 Å². The second-order valence-corrected chi connectivity index (χ2v) is 6.03. The van der Waals surface area contributed by atoms with E-state index in [9.17, 15) is 9.59 Å². The van der Waals surface area contributed by atoms with Gasteiger partial charge in [0.2, 0.25) is 11.8 Å². The van der Waals surface area contributed by atoms with Crippen LogP contribution in [0.4, 0.5) is 11.4 Å². The SMILES string of the molecule is NC1(C(=O)Nc2ccc3c(c2)NC(=O)CS3)CCC1. The minimum atomic E-state index is -0.714. The van der Waals surface area contributed by atoms with E-state index in [1.165, 1.54) is 11.8 Å². The number of amides is 2. The number of thioether (sulfide) groups is 1. The predicted octanol–water partition coefficient (Wildman–Crippen LogP) is 1.55. The van der Waals surface area contributed by atoms with Crippen molar-refractivity contribution in [3.05, 3.63) is 18.2 Å². The Labute approximate surface area is 115 Å². The lowest BCUT2D eigenvalue weighted by Crippen LogP contribution is -2.56. The Balaban J connectivity index is 1.77. The van der Waals surface area contributed by atoms with Crippen LogP contribution in [0.5, 0.6) is 0 Å². The molecule has 1 aromatic rings. The second kappa shape index (κ2) is 4.54. The predicted molar refractivity (Wildman–Crippen MR) is 75.2 cm³/mol. The van der Waals surface area contributed by atoms with Crippen molar-refractivity contribution < 1.29 is 9.59 Å². The topological polar surface area (TPSA) is 84.2 Å². The van der Waals surface area contributed by atoms with Gasteiger partial charge in [0.1, 0.15) is 0 Å². The van der Waals surface area contributed by atoms with Crippen molar-refractivity contribution in [3.8, 4) is 0 Å². The molecule has 1 fully saturated rings. The highest BCUT2D eigenvalue weighted by Crippen LogP contribution is 2.34. The largest absolute Gasteiger partial charge is 0.324 e. The molecule has 0 unspecified atom stereocenters. The van der Waals surface area contributed by atoms with Gasteiger partial charge in [-0.15, -0.1) is 11.8 Å². The van der Waals surface area contributed by atoms with Gasteiger partial charge in [-0.25, -0.2) is 0 Å². The molecule has 2 amide bonds. The molecule has 0 saturated heterocycles. The van der Waals surface area contributed by atoms with Crippen molar-refractivity contribution in [2.24, 2.45) is 5.73 Å².